The number of benzene rings is 3. The molecule has 0 saturated carbocycles. The van der Waals surface area contributed by atoms with E-state index in [2.05, 4.69) is 40.0 Å². The van der Waals surface area contributed by atoms with E-state index < -0.39 is 5.97 Å². The molecule has 0 atom stereocenters. The van der Waals surface area contributed by atoms with Crippen molar-refractivity contribution in [3.63, 3.8) is 0 Å². The Bertz CT molecular complexity index is 1120. The summed E-state index contributed by atoms with van der Waals surface area (Å²) in [6.07, 6.45) is 1.70. The van der Waals surface area contributed by atoms with Crippen molar-refractivity contribution in [2.24, 2.45) is 4.99 Å². The molecule has 3 aromatic rings. The third-order valence-electron chi connectivity index (χ3n) is 4.41. The van der Waals surface area contributed by atoms with E-state index in [9.17, 15) is 4.79 Å². The van der Waals surface area contributed by atoms with E-state index in [0.29, 0.717) is 12.5 Å². The van der Waals surface area contributed by atoms with Crippen molar-refractivity contribution in [3.05, 3.63) is 105 Å². The SMILES string of the molecule is Cc1ccc(COc2cccc(/C=C3/N=C(c4ccccc4Br)OC3=O)c2)cc1. The highest BCUT2D eigenvalue weighted by molar-refractivity contribution is 9.10. The van der Waals surface area contributed by atoms with Gasteiger partial charge in [0.05, 0.1) is 5.56 Å². The van der Waals surface area contributed by atoms with Gasteiger partial charge < -0.3 is 9.47 Å². The summed E-state index contributed by atoms with van der Waals surface area (Å²) in [7, 11) is 0. The van der Waals surface area contributed by atoms with Crippen LogP contribution in [0.4, 0.5) is 0 Å². The fourth-order valence-electron chi connectivity index (χ4n) is 2.86. The van der Waals surface area contributed by atoms with Gasteiger partial charge in [-0.25, -0.2) is 9.79 Å². The molecule has 1 heterocycles. The fraction of sp³-hybridized carbons (Fsp3) is 0.0833. The molecule has 0 saturated heterocycles. The van der Waals surface area contributed by atoms with Gasteiger partial charge in [-0.3, -0.25) is 0 Å². The molecule has 0 unspecified atom stereocenters. The number of hydrogen-bond donors (Lipinski definition) is 0. The molecule has 3 aromatic carbocycles. The van der Waals surface area contributed by atoms with Crippen molar-refractivity contribution < 1.29 is 14.3 Å². The molecule has 0 N–H and O–H groups in total. The smallest absolute Gasteiger partial charge is 0.363 e. The number of rotatable bonds is 5. The minimum Gasteiger partial charge on any atom is -0.489 e. The highest BCUT2D eigenvalue weighted by atomic mass is 79.9. The van der Waals surface area contributed by atoms with Crippen LogP contribution in [-0.2, 0) is 16.1 Å². The molecule has 0 fully saturated rings. The van der Waals surface area contributed by atoms with Gasteiger partial charge in [0.15, 0.2) is 5.70 Å². The number of hydrogen-bond acceptors (Lipinski definition) is 4. The maximum Gasteiger partial charge on any atom is 0.363 e. The first-order valence-corrected chi connectivity index (χ1v) is 9.94. The summed E-state index contributed by atoms with van der Waals surface area (Å²) in [5, 5.41) is 0. The van der Waals surface area contributed by atoms with Gasteiger partial charge in [-0.2, -0.15) is 0 Å². The quantitative estimate of drug-likeness (QED) is 0.373. The highest BCUT2D eigenvalue weighted by Gasteiger charge is 2.25. The Hall–Kier alpha value is -3.18. The van der Waals surface area contributed by atoms with Gasteiger partial charge in [0, 0.05) is 4.47 Å². The van der Waals surface area contributed by atoms with Gasteiger partial charge in [0.1, 0.15) is 12.4 Å². The molecule has 5 heteroatoms. The first-order valence-electron chi connectivity index (χ1n) is 9.14. The highest BCUT2D eigenvalue weighted by Crippen LogP contribution is 2.25. The van der Waals surface area contributed by atoms with Gasteiger partial charge in [-0.15, -0.1) is 0 Å². The number of aliphatic imine (C=N–C) groups is 1. The first-order chi connectivity index (χ1) is 14.1. The molecule has 4 nitrogen and oxygen atoms in total. The van der Waals surface area contributed by atoms with Gasteiger partial charge in [-0.1, -0.05) is 54.1 Å². The average Bonchev–Trinajstić information content (AvgIpc) is 3.08. The number of carbonyl (C=O) groups excluding carboxylic acids is 1. The van der Waals surface area contributed by atoms with Gasteiger partial charge in [0.2, 0.25) is 5.90 Å². The Labute approximate surface area is 177 Å². The Morgan fingerprint density at radius 3 is 2.62 bits per heavy atom. The molecule has 0 aliphatic carbocycles. The van der Waals surface area contributed by atoms with Crippen LogP contribution in [0.5, 0.6) is 5.75 Å². The van der Waals surface area contributed by atoms with E-state index in [4.69, 9.17) is 9.47 Å². The molecule has 0 amide bonds. The average molecular weight is 448 g/mol. The number of halogens is 1. The monoisotopic (exact) mass is 447 g/mol. The molecule has 4 rings (SSSR count). The standard InChI is InChI=1S/C24H18BrNO3/c1-16-9-11-17(12-10-16)15-28-19-6-4-5-18(13-19)14-22-24(27)29-23(26-22)20-7-2-3-8-21(20)25/h2-14H,15H2,1H3/b22-14+. The molecule has 0 bridgehead atoms. The summed E-state index contributed by atoms with van der Waals surface area (Å²) in [5.74, 6) is 0.545. The summed E-state index contributed by atoms with van der Waals surface area (Å²) in [5.41, 5.74) is 4.12. The van der Waals surface area contributed by atoms with E-state index in [0.717, 1.165) is 26.9 Å². The summed E-state index contributed by atoms with van der Waals surface area (Å²) in [6.45, 7) is 2.53. The molecule has 29 heavy (non-hydrogen) atoms. The van der Waals surface area contributed by atoms with Crippen molar-refractivity contribution in [1.82, 2.24) is 0 Å². The lowest BCUT2D eigenvalue weighted by molar-refractivity contribution is -0.129. The van der Waals surface area contributed by atoms with Crippen LogP contribution in [0.3, 0.4) is 0 Å². The largest absolute Gasteiger partial charge is 0.489 e. The van der Waals surface area contributed by atoms with Crippen LogP contribution in [0.2, 0.25) is 0 Å². The van der Waals surface area contributed by atoms with Gasteiger partial charge in [0.25, 0.3) is 0 Å². The van der Waals surface area contributed by atoms with Crippen LogP contribution in [0.25, 0.3) is 6.08 Å². The normalized spacial score (nSPS) is 14.6. The van der Waals surface area contributed by atoms with Gasteiger partial charge in [-0.05, 0) is 64.3 Å². The second kappa shape index (κ2) is 8.45. The predicted octanol–water partition coefficient (Wildman–Crippen LogP) is 5.68. The molecule has 0 aromatic heterocycles. The van der Waals surface area contributed by atoms with Crippen molar-refractivity contribution in [2.45, 2.75) is 13.5 Å². The lowest BCUT2D eigenvalue weighted by Crippen LogP contribution is -2.05. The Morgan fingerprint density at radius 2 is 1.83 bits per heavy atom. The van der Waals surface area contributed by atoms with Crippen LogP contribution in [0, 0.1) is 6.92 Å². The molecule has 0 spiro atoms. The second-order valence-electron chi connectivity index (χ2n) is 6.66. The zero-order valence-corrected chi connectivity index (χ0v) is 17.3. The second-order valence-corrected chi connectivity index (χ2v) is 7.52. The number of carbonyl (C=O) groups is 1. The fourth-order valence-corrected chi connectivity index (χ4v) is 3.32. The summed E-state index contributed by atoms with van der Waals surface area (Å²) in [6, 6.07) is 23.2. The molecular weight excluding hydrogens is 430 g/mol. The third kappa shape index (κ3) is 4.63. The molecule has 1 aliphatic heterocycles. The lowest BCUT2D eigenvalue weighted by atomic mass is 10.1. The van der Waals surface area contributed by atoms with E-state index in [-0.39, 0.29) is 5.70 Å². The van der Waals surface area contributed by atoms with Crippen molar-refractivity contribution in [3.8, 4) is 5.75 Å². The first kappa shape index (κ1) is 19.2. The van der Waals surface area contributed by atoms with E-state index in [1.807, 2.05) is 60.7 Å². The maximum atomic E-state index is 12.2. The minimum absolute atomic E-state index is 0.256. The van der Waals surface area contributed by atoms with Crippen LogP contribution in [0.15, 0.2) is 88.0 Å². The predicted molar refractivity (Wildman–Crippen MR) is 117 cm³/mol. The number of cyclic esters (lactones) is 1. The Balaban J connectivity index is 1.52. The van der Waals surface area contributed by atoms with Gasteiger partial charge >= 0.3 is 5.97 Å². The van der Waals surface area contributed by atoms with E-state index in [1.165, 1.54) is 5.56 Å². The summed E-state index contributed by atoms with van der Waals surface area (Å²) >= 11 is 3.45. The van der Waals surface area contributed by atoms with Crippen LogP contribution < -0.4 is 4.74 Å². The number of nitrogens with zero attached hydrogens (tertiary/aromatic N) is 1. The van der Waals surface area contributed by atoms with Crippen LogP contribution >= 0.6 is 15.9 Å². The van der Waals surface area contributed by atoms with Crippen molar-refractivity contribution in [1.29, 1.82) is 0 Å². The van der Waals surface area contributed by atoms with Crippen molar-refractivity contribution in [2.75, 3.05) is 0 Å². The topological polar surface area (TPSA) is 47.9 Å². The zero-order chi connectivity index (χ0) is 20.2. The molecule has 0 radical (unpaired) electrons. The molecular formula is C24H18BrNO3. The molecule has 1 aliphatic rings. The van der Waals surface area contributed by atoms with E-state index in [1.54, 1.807) is 6.08 Å². The van der Waals surface area contributed by atoms with E-state index >= 15 is 0 Å². The molecule has 144 valence electrons. The van der Waals surface area contributed by atoms with Crippen molar-refractivity contribution >= 4 is 33.9 Å². The zero-order valence-electron chi connectivity index (χ0n) is 15.8. The number of aryl methyl sites for hydroxylation is 1. The third-order valence-corrected chi connectivity index (χ3v) is 5.10. The summed E-state index contributed by atoms with van der Waals surface area (Å²) in [4.78, 5) is 16.6. The Kier molecular flexibility index (Phi) is 5.58. The minimum atomic E-state index is -0.471. The summed E-state index contributed by atoms with van der Waals surface area (Å²) < 4.78 is 12.0. The van der Waals surface area contributed by atoms with Crippen LogP contribution in [0.1, 0.15) is 22.3 Å². The van der Waals surface area contributed by atoms with Crippen LogP contribution in [-0.4, -0.2) is 11.9 Å². The maximum absolute atomic E-state index is 12.2. The Morgan fingerprint density at radius 1 is 1.03 bits per heavy atom. The number of esters is 1. The lowest BCUT2D eigenvalue weighted by Gasteiger charge is -2.07. The number of ether oxygens (including phenoxy) is 2.